The van der Waals surface area contributed by atoms with Crippen LogP contribution < -0.4 is 0 Å². The van der Waals surface area contributed by atoms with Crippen molar-refractivity contribution < 1.29 is 4.79 Å². The van der Waals surface area contributed by atoms with Crippen LogP contribution in [0.4, 0.5) is 0 Å². The van der Waals surface area contributed by atoms with Crippen LogP contribution in [0.15, 0.2) is 48.8 Å². The maximum absolute atomic E-state index is 13.5. The van der Waals surface area contributed by atoms with Crippen molar-refractivity contribution >= 4 is 16.8 Å². The van der Waals surface area contributed by atoms with Crippen LogP contribution in [0.5, 0.6) is 0 Å². The summed E-state index contributed by atoms with van der Waals surface area (Å²) in [5, 5.41) is 0.927. The highest BCUT2D eigenvalue weighted by Gasteiger charge is 2.24. The summed E-state index contributed by atoms with van der Waals surface area (Å²) in [6, 6.07) is 11.9. The predicted molar refractivity (Wildman–Crippen MR) is 117 cm³/mol. The van der Waals surface area contributed by atoms with E-state index in [4.69, 9.17) is 4.98 Å². The van der Waals surface area contributed by atoms with Gasteiger partial charge in [-0.05, 0) is 43.7 Å². The first-order chi connectivity index (χ1) is 14.2. The van der Waals surface area contributed by atoms with Gasteiger partial charge in [-0.3, -0.25) is 14.7 Å². The van der Waals surface area contributed by atoms with Gasteiger partial charge in [0.2, 0.25) is 0 Å². The average Bonchev–Trinajstić information content (AvgIpc) is 2.78. The quantitative estimate of drug-likeness (QED) is 0.658. The molecule has 1 aromatic carbocycles. The molecule has 0 atom stereocenters. The van der Waals surface area contributed by atoms with Crippen LogP contribution in [-0.4, -0.2) is 58.4 Å². The number of unbranched alkanes of at least 4 members (excludes halogenated alkanes) is 1. The summed E-state index contributed by atoms with van der Waals surface area (Å²) < 4.78 is 0. The van der Waals surface area contributed by atoms with Gasteiger partial charge in [-0.2, -0.15) is 0 Å². The van der Waals surface area contributed by atoms with Gasteiger partial charge in [0.25, 0.3) is 5.91 Å². The smallest absolute Gasteiger partial charge is 0.254 e. The van der Waals surface area contributed by atoms with Gasteiger partial charge < -0.3 is 4.90 Å². The minimum absolute atomic E-state index is 0.100. The zero-order chi connectivity index (χ0) is 20.2. The average molecular weight is 389 g/mol. The van der Waals surface area contributed by atoms with Crippen molar-refractivity contribution in [3.63, 3.8) is 0 Å². The Balaban J connectivity index is 1.67. The Kier molecular flexibility index (Phi) is 5.86. The molecule has 150 valence electrons. The fourth-order valence-corrected chi connectivity index (χ4v) is 3.96. The zero-order valence-electron chi connectivity index (χ0n) is 17.3. The molecule has 1 saturated heterocycles. The molecule has 4 rings (SSSR count). The molecular formula is C24H28N4O. The molecule has 1 amide bonds. The summed E-state index contributed by atoms with van der Waals surface area (Å²) in [5.41, 5.74) is 4.42. The third-order valence-electron chi connectivity index (χ3n) is 5.72. The van der Waals surface area contributed by atoms with Gasteiger partial charge in [0.05, 0.1) is 16.8 Å². The van der Waals surface area contributed by atoms with E-state index >= 15 is 0 Å². The lowest BCUT2D eigenvalue weighted by molar-refractivity contribution is 0.0637. The molecule has 1 aliphatic heterocycles. The van der Waals surface area contributed by atoms with Crippen molar-refractivity contribution in [1.29, 1.82) is 0 Å². The largest absolute Gasteiger partial charge is 0.336 e. The maximum atomic E-state index is 13.5. The second-order valence-corrected chi connectivity index (χ2v) is 7.76. The molecule has 3 aromatic rings. The van der Waals surface area contributed by atoms with Gasteiger partial charge in [-0.1, -0.05) is 31.5 Å². The fourth-order valence-electron chi connectivity index (χ4n) is 3.96. The molecule has 3 heterocycles. The van der Waals surface area contributed by atoms with Crippen LogP contribution in [0.25, 0.3) is 22.2 Å². The molecule has 0 unspecified atom stereocenters. The van der Waals surface area contributed by atoms with Gasteiger partial charge in [0.15, 0.2) is 0 Å². The Morgan fingerprint density at radius 2 is 1.93 bits per heavy atom. The van der Waals surface area contributed by atoms with Gasteiger partial charge in [0, 0.05) is 49.5 Å². The SMILES string of the molecule is CCCCN1CCN(C(=O)c2cc(-c3cccnc3)nc3c(C)cccc23)CC1. The molecular weight excluding hydrogens is 360 g/mol. The number of nitrogens with zero attached hydrogens (tertiary/aromatic N) is 4. The molecule has 0 bridgehead atoms. The summed E-state index contributed by atoms with van der Waals surface area (Å²) in [5.74, 6) is 0.100. The fraction of sp³-hybridized carbons (Fsp3) is 0.375. The van der Waals surface area contributed by atoms with Crippen LogP contribution >= 0.6 is 0 Å². The number of carbonyl (C=O) groups excluding carboxylic acids is 1. The van der Waals surface area contributed by atoms with E-state index < -0.39 is 0 Å². The van der Waals surface area contributed by atoms with E-state index in [0.717, 1.165) is 66.0 Å². The summed E-state index contributed by atoms with van der Waals surface area (Å²) >= 11 is 0. The molecule has 1 fully saturated rings. The molecule has 0 spiro atoms. The van der Waals surface area contributed by atoms with E-state index in [-0.39, 0.29) is 5.91 Å². The zero-order valence-corrected chi connectivity index (χ0v) is 17.3. The lowest BCUT2D eigenvalue weighted by atomic mass is 10.0. The predicted octanol–water partition coefficient (Wildman–Crippen LogP) is 4.16. The standard InChI is InChI=1S/C24H28N4O/c1-3-4-11-27-12-14-28(15-13-27)24(29)21-16-22(19-8-6-10-25-17-19)26-23-18(2)7-5-9-20(21)23/h5-10,16-17H,3-4,11-15H2,1-2H3. The number of rotatable bonds is 5. The van der Waals surface area contributed by atoms with E-state index in [9.17, 15) is 4.79 Å². The van der Waals surface area contributed by atoms with E-state index in [0.29, 0.717) is 0 Å². The van der Waals surface area contributed by atoms with E-state index in [1.807, 2.05) is 48.2 Å². The number of aryl methyl sites for hydroxylation is 1. The Bertz CT molecular complexity index is 994. The van der Waals surface area contributed by atoms with Crippen molar-refractivity contribution in [1.82, 2.24) is 19.8 Å². The van der Waals surface area contributed by atoms with Crippen LogP contribution in [0, 0.1) is 6.92 Å². The third kappa shape index (κ3) is 4.15. The minimum Gasteiger partial charge on any atom is -0.336 e. The molecule has 0 saturated carbocycles. The molecule has 29 heavy (non-hydrogen) atoms. The maximum Gasteiger partial charge on any atom is 0.254 e. The summed E-state index contributed by atoms with van der Waals surface area (Å²) in [6.07, 6.45) is 5.97. The van der Waals surface area contributed by atoms with Crippen molar-refractivity contribution in [2.75, 3.05) is 32.7 Å². The Morgan fingerprint density at radius 3 is 2.66 bits per heavy atom. The molecule has 0 N–H and O–H groups in total. The molecule has 5 nitrogen and oxygen atoms in total. The number of amides is 1. The topological polar surface area (TPSA) is 49.3 Å². The minimum atomic E-state index is 0.100. The van der Waals surface area contributed by atoms with Crippen LogP contribution in [-0.2, 0) is 0 Å². The Hall–Kier alpha value is -2.79. The van der Waals surface area contributed by atoms with E-state index in [2.05, 4.69) is 16.8 Å². The number of benzene rings is 1. The number of para-hydroxylation sites is 1. The van der Waals surface area contributed by atoms with Gasteiger partial charge in [-0.25, -0.2) is 4.98 Å². The Morgan fingerprint density at radius 1 is 1.10 bits per heavy atom. The first kappa shape index (κ1) is 19.5. The lowest BCUT2D eigenvalue weighted by Crippen LogP contribution is -2.48. The highest BCUT2D eigenvalue weighted by molar-refractivity contribution is 6.07. The monoisotopic (exact) mass is 388 g/mol. The van der Waals surface area contributed by atoms with Crippen LogP contribution in [0.1, 0.15) is 35.7 Å². The number of pyridine rings is 2. The third-order valence-corrected chi connectivity index (χ3v) is 5.72. The van der Waals surface area contributed by atoms with Crippen LogP contribution in [0.3, 0.4) is 0 Å². The normalized spacial score (nSPS) is 15.0. The summed E-state index contributed by atoms with van der Waals surface area (Å²) in [4.78, 5) is 27.0. The van der Waals surface area contributed by atoms with Crippen molar-refractivity contribution in [3.05, 3.63) is 59.9 Å². The highest BCUT2D eigenvalue weighted by Crippen LogP contribution is 2.27. The molecule has 0 aliphatic carbocycles. The van der Waals surface area contributed by atoms with Gasteiger partial charge in [0.1, 0.15) is 0 Å². The molecule has 5 heteroatoms. The molecule has 1 aliphatic rings. The van der Waals surface area contributed by atoms with Crippen molar-refractivity contribution in [3.8, 4) is 11.3 Å². The molecule has 0 radical (unpaired) electrons. The first-order valence-electron chi connectivity index (χ1n) is 10.5. The number of carbonyl (C=O) groups is 1. The van der Waals surface area contributed by atoms with Crippen molar-refractivity contribution in [2.45, 2.75) is 26.7 Å². The van der Waals surface area contributed by atoms with Gasteiger partial charge >= 0.3 is 0 Å². The molecule has 2 aromatic heterocycles. The Labute approximate surface area is 172 Å². The van der Waals surface area contributed by atoms with Gasteiger partial charge in [-0.15, -0.1) is 0 Å². The number of hydrogen-bond acceptors (Lipinski definition) is 4. The first-order valence-corrected chi connectivity index (χ1v) is 10.5. The second kappa shape index (κ2) is 8.70. The van der Waals surface area contributed by atoms with E-state index in [1.54, 1.807) is 12.4 Å². The number of hydrogen-bond donors (Lipinski definition) is 0. The number of aromatic nitrogens is 2. The second-order valence-electron chi connectivity index (χ2n) is 7.76. The summed E-state index contributed by atoms with van der Waals surface area (Å²) in [6.45, 7) is 8.84. The van der Waals surface area contributed by atoms with Crippen LogP contribution in [0.2, 0.25) is 0 Å². The number of piperazine rings is 1. The van der Waals surface area contributed by atoms with E-state index in [1.165, 1.54) is 12.8 Å². The lowest BCUT2D eigenvalue weighted by Gasteiger charge is -2.35. The summed E-state index contributed by atoms with van der Waals surface area (Å²) in [7, 11) is 0. The van der Waals surface area contributed by atoms with Crippen molar-refractivity contribution in [2.24, 2.45) is 0 Å². The number of fused-ring (bicyclic) bond motifs is 1. The highest BCUT2D eigenvalue weighted by atomic mass is 16.2.